The van der Waals surface area contributed by atoms with Crippen molar-refractivity contribution in [1.82, 2.24) is 0 Å². The largest absolute Gasteiger partial charge is 0.506 e. The minimum Gasteiger partial charge on any atom is -0.450 e. The van der Waals surface area contributed by atoms with Crippen molar-refractivity contribution in [3.05, 3.63) is 0 Å². The van der Waals surface area contributed by atoms with Gasteiger partial charge in [-0.25, -0.2) is 4.79 Å². The third-order valence-electron chi connectivity index (χ3n) is 4.93. The normalized spacial score (nSPS) is 36.0. The Bertz CT molecular complexity index is 341. The Kier molecular flexibility index (Phi) is 6.50. The first kappa shape index (κ1) is 17.5. The SMILES string of the molecule is CCCCCC1CCC(C2OCC(C)(OC(=O)O)CO2)CC1. The number of hydrogen-bond acceptors (Lipinski definition) is 4. The van der Waals surface area contributed by atoms with Crippen molar-refractivity contribution >= 4 is 6.16 Å². The summed E-state index contributed by atoms with van der Waals surface area (Å²) in [6, 6.07) is 0. The van der Waals surface area contributed by atoms with Crippen molar-refractivity contribution in [2.45, 2.75) is 77.1 Å². The number of hydrogen-bond donors (Lipinski definition) is 1. The van der Waals surface area contributed by atoms with Crippen LogP contribution in [0.4, 0.5) is 4.79 Å². The summed E-state index contributed by atoms with van der Waals surface area (Å²) in [5, 5.41) is 8.73. The highest BCUT2D eigenvalue weighted by atomic mass is 16.7. The van der Waals surface area contributed by atoms with Gasteiger partial charge in [0.25, 0.3) is 0 Å². The lowest BCUT2D eigenvalue weighted by Crippen LogP contribution is -2.50. The van der Waals surface area contributed by atoms with Crippen LogP contribution in [0.5, 0.6) is 0 Å². The average Bonchev–Trinajstić information content (AvgIpc) is 2.48. The third kappa shape index (κ3) is 5.13. The van der Waals surface area contributed by atoms with E-state index in [0.29, 0.717) is 5.92 Å². The van der Waals surface area contributed by atoms with Crippen LogP contribution >= 0.6 is 0 Å². The first-order chi connectivity index (χ1) is 10.5. The van der Waals surface area contributed by atoms with E-state index in [1.54, 1.807) is 6.92 Å². The van der Waals surface area contributed by atoms with Gasteiger partial charge in [0.15, 0.2) is 11.9 Å². The molecule has 0 atom stereocenters. The van der Waals surface area contributed by atoms with Gasteiger partial charge in [0, 0.05) is 5.92 Å². The maximum absolute atomic E-state index is 10.7. The van der Waals surface area contributed by atoms with E-state index in [2.05, 4.69) is 6.92 Å². The fraction of sp³-hybridized carbons (Fsp3) is 0.941. The van der Waals surface area contributed by atoms with E-state index >= 15 is 0 Å². The molecule has 0 radical (unpaired) electrons. The van der Waals surface area contributed by atoms with Crippen LogP contribution in [0.25, 0.3) is 0 Å². The zero-order valence-corrected chi connectivity index (χ0v) is 13.9. The van der Waals surface area contributed by atoms with Gasteiger partial charge in [0.2, 0.25) is 0 Å². The van der Waals surface area contributed by atoms with Crippen molar-refractivity contribution in [3.8, 4) is 0 Å². The molecule has 2 aliphatic rings. The molecule has 0 bridgehead atoms. The molecule has 0 aromatic rings. The fourth-order valence-corrected chi connectivity index (χ4v) is 3.58. The van der Waals surface area contributed by atoms with Gasteiger partial charge in [-0.2, -0.15) is 0 Å². The topological polar surface area (TPSA) is 65.0 Å². The van der Waals surface area contributed by atoms with Crippen molar-refractivity contribution in [1.29, 1.82) is 0 Å². The number of carboxylic acid groups (broad SMARTS) is 1. The first-order valence-electron chi connectivity index (χ1n) is 8.67. The van der Waals surface area contributed by atoms with E-state index in [1.165, 1.54) is 38.5 Å². The van der Waals surface area contributed by atoms with Crippen LogP contribution in [0.15, 0.2) is 0 Å². The molecule has 22 heavy (non-hydrogen) atoms. The Hall–Kier alpha value is -0.810. The summed E-state index contributed by atoms with van der Waals surface area (Å²) in [7, 11) is 0. The van der Waals surface area contributed by atoms with Gasteiger partial charge >= 0.3 is 6.16 Å². The van der Waals surface area contributed by atoms with Gasteiger partial charge in [-0.05, 0) is 38.5 Å². The molecule has 1 aliphatic carbocycles. The number of rotatable bonds is 6. The second kappa shape index (κ2) is 8.16. The summed E-state index contributed by atoms with van der Waals surface area (Å²) in [5.74, 6) is 1.31. The number of ether oxygens (including phenoxy) is 3. The molecular formula is C17H30O5. The van der Waals surface area contributed by atoms with Crippen LogP contribution in [0, 0.1) is 11.8 Å². The molecule has 0 amide bonds. The van der Waals surface area contributed by atoms with Crippen LogP contribution in [0.1, 0.15) is 65.2 Å². The van der Waals surface area contributed by atoms with Gasteiger partial charge < -0.3 is 19.3 Å². The maximum atomic E-state index is 10.7. The van der Waals surface area contributed by atoms with Crippen molar-refractivity contribution < 1.29 is 24.1 Å². The van der Waals surface area contributed by atoms with Crippen molar-refractivity contribution in [3.63, 3.8) is 0 Å². The number of unbranched alkanes of at least 4 members (excludes halogenated alkanes) is 2. The molecule has 5 heteroatoms. The molecule has 1 N–H and O–H groups in total. The zero-order valence-electron chi connectivity index (χ0n) is 13.9. The van der Waals surface area contributed by atoms with Crippen LogP contribution in [0.3, 0.4) is 0 Å². The minimum atomic E-state index is -1.28. The Morgan fingerprint density at radius 3 is 2.36 bits per heavy atom. The predicted molar refractivity (Wildman–Crippen MR) is 82.8 cm³/mol. The Labute approximate surface area is 133 Å². The van der Waals surface area contributed by atoms with E-state index in [0.717, 1.165) is 18.8 Å². The maximum Gasteiger partial charge on any atom is 0.506 e. The van der Waals surface area contributed by atoms with E-state index in [9.17, 15) is 4.79 Å². The van der Waals surface area contributed by atoms with Gasteiger partial charge in [-0.1, -0.05) is 32.6 Å². The monoisotopic (exact) mass is 314 g/mol. The lowest BCUT2D eigenvalue weighted by molar-refractivity contribution is -0.269. The molecule has 2 rings (SSSR count). The standard InChI is InChI=1S/C17H30O5/c1-3-4-5-6-13-7-9-14(10-8-13)15-20-11-17(2,12-21-15)22-16(18)19/h13-15H,3-12H2,1-2H3,(H,18,19). The molecular weight excluding hydrogens is 284 g/mol. The second-order valence-corrected chi connectivity index (χ2v) is 7.08. The van der Waals surface area contributed by atoms with Crippen LogP contribution in [-0.2, 0) is 14.2 Å². The average molecular weight is 314 g/mol. The lowest BCUT2D eigenvalue weighted by atomic mass is 9.79. The molecule has 0 aromatic heterocycles. The summed E-state index contributed by atoms with van der Waals surface area (Å²) in [5.41, 5.74) is -0.875. The van der Waals surface area contributed by atoms with Crippen LogP contribution in [-0.4, -0.2) is 36.4 Å². The highest BCUT2D eigenvalue weighted by Crippen LogP contribution is 2.36. The van der Waals surface area contributed by atoms with Gasteiger partial charge in [0.1, 0.15) is 0 Å². The summed E-state index contributed by atoms with van der Waals surface area (Å²) >= 11 is 0. The second-order valence-electron chi connectivity index (χ2n) is 7.08. The molecule has 1 aliphatic heterocycles. The molecule has 2 fully saturated rings. The van der Waals surface area contributed by atoms with E-state index in [1.807, 2.05) is 0 Å². The molecule has 0 unspecified atom stereocenters. The van der Waals surface area contributed by atoms with Gasteiger partial charge in [-0.3, -0.25) is 0 Å². The molecule has 1 heterocycles. The van der Waals surface area contributed by atoms with Crippen molar-refractivity contribution in [2.75, 3.05) is 13.2 Å². The number of carbonyl (C=O) groups is 1. The smallest absolute Gasteiger partial charge is 0.450 e. The minimum absolute atomic E-state index is 0.193. The van der Waals surface area contributed by atoms with Crippen molar-refractivity contribution in [2.24, 2.45) is 11.8 Å². The molecule has 0 spiro atoms. The Morgan fingerprint density at radius 1 is 1.18 bits per heavy atom. The van der Waals surface area contributed by atoms with Gasteiger partial charge in [-0.15, -0.1) is 0 Å². The van der Waals surface area contributed by atoms with Gasteiger partial charge in [0.05, 0.1) is 13.2 Å². The fourth-order valence-electron chi connectivity index (χ4n) is 3.58. The molecule has 0 aromatic carbocycles. The van der Waals surface area contributed by atoms with E-state index in [4.69, 9.17) is 19.3 Å². The van der Waals surface area contributed by atoms with E-state index in [-0.39, 0.29) is 19.5 Å². The zero-order chi connectivity index (χ0) is 16.0. The Balaban J connectivity index is 1.69. The quantitative estimate of drug-likeness (QED) is 0.588. The molecule has 5 nitrogen and oxygen atoms in total. The summed E-state index contributed by atoms with van der Waals surface area (Å²) in [6.45, 7) is 4.51. The predicted octanol–water partition coefficient (Wildman–Crippen LogP) is 4.20. The summed E-state index contributed by atoms with van der Waals surface area (Å²) < 4.78 is 16.4. The molecule has 1 saturated heterocycles. The van der Waals surface area contributed by atoms with E-state index < -0.39 is 11.8 Å². The summed E-state index contributed by atoms with van der Waals surface area (Å²) in [6.07, 6.45) is 8.71. The summed E-state index contributed by atoms with van der Waals surface area (Å²) in [4.78, 5) is 10.7. The Morgan fingerprint density at radius 2 is 1.82 bits per heavy atom. The van der Waals surface area contributed by atoms with Crippen LogP contribution < -0.4 is 0 Å². The highest BCUT2D eigenvalue weighted by Gasteiger charge is 2.39. The third-order valence-corrected chi connectivity index (χ3v) is 4.93. The highest BCUT2D eigenvalue weighted by molar-refractivity contribution is 5.57. The molecule has 1 saturated carbocycles. The lowest BCUT2D eigenvalue weighted by Gasteiger charge is -2.40. The van der Waals surface area contributed by atoms with Crippen LogP contribution in [0.2, 0.25) is 0 Å². The molecule has 128 valence electrons. The first-order valence-corrected chi connectivity index (χ1v) is 8.67.